The maximum Gasteiger partial charge on any atom is 0.410 e. The molecular weight excluding hydrogens is 849 g/mol. The quantitative estimate of drug-likeness (QED) is 0.0758. The summed E-state index contributed by atoms with van der Waals surface area (Å²) in [6.45, 7) is 27.9. The van der Waals surface area contributed by atoms with Crippen molar-refractivity contribution in [1.29, 1.82) is 0 Å². The van der Waals surface area contributed by atoms with Crippen molar-refractivity contribution in [3.05, 3.63) is 47.3 Å². The second-order valence-electron chi connectivity index (χ2n) is 22.0. The van der Waals surface area contributed by atoms with Crippen LogP contribution in [-0.4, -0.2) is 115 Å². The van der Waals surface area contributed by atoms with E-state index in [1.807, 2.05) is 62.8 Å². The van der Waals surface area contributed by atoms with Gasteiger partial charge in [-0.05, 0) is 104 Å². The number of aliphatic hydroxyl groups is 2. The fourth-order valence-corrected chi connectivity index (χ4v) is 9.60. The Balaban J connectivity index is 1.20. The highest BCUT2D eigenvalue weighted by molar-refractivity contribution is 6.76. The van der Waals surface area contributed by atoms with Gasteiger partial charge < -0.3 is 29.2 Å². The molecule has 2 aliphatic rings. The van der Waals surface area contributed by atoms with Crippen LogP contribution in [0.5, 0.6) is 0 Å². The molecule has 0 bridgehead atoms. The largest absolute Gasteiger partial charge is 0.444 e. The van der Waals surface area contributed by atoms with Crippen molar-refractivity contribution in [2.45, 2.75) is 180 Å². The van der Waals surface area contributed by atoms with Gasteiger partial charge in [-0.3, -0.25) is 18.9 Å². The summed E-state index contributed by atoms with van der Waals surface area (Å²) in [7, 11) is -2.66. The number of carbonyl (C=O) groups is 2. The van der Waals surface area contributed by atoms with E-state index in [0.29, 0.717) is 71.4 Å². The minimum atomic E-state index is -1.33. The normalized spacial score (nSPS) is 18.7. The van der Waals surface area contributed by atoms with E-state index in [2.05, 4.69) is 39.3 Å². The minimum absolute atomic E-state index is 0.239. The molecule has 16 nitrogen and oxygen atoms in total. The third-order valence-corrected chi connectivity index (χ3v) is 15.0. The molecule has 4 aromatic heterocycles. The molecule has 2 unspecified atom stereocenters. The van der Waals surface area contributed by atoms with E-state index in [4.69, 9.17) is 38.9 Å². The average Bonchev–Trinajstić information content (AvgIpc) is 3.99. The number of fused-ring (bicyclic) bond motifs is 2. The molecule has 2 fully saturated rings. The first-order valence-electron chi connectivity index (χ1n) is 23.1. The summed E-state index contributed by atoms with van der Waals surface area (Å²) in [4.78, 5) is 49.8. The van der Waals surface area contributed by atoms with Gasteiger partial charge in [0.15, 0.2) is 11.3 Å². The molecule has 4 aromatic rings. The molecule has 354 valence electrons. The number of ether oxygens (including phenoxy) is 4. The van der Waals surface area contributed by atoms with Gasteiger partial charge in [0.25, 0.3) is 0 Å². The van der Waals surface area contributed by atoms with Gasteiger partial charge in [-0.15, -0.1) is 0 Å². The van der Waals surface area contributed by atoms with Gasteiger partial charge in [0.05, 0.1) is 24.3 Å². The highest BCUT2D eigenvalue weighted by atomic mass is 28.3. The monoisotopic (exact) mass is 923 g/mol. The maximum atomic E-state index is 13.3. The van der Waals surface area contributed by atoms with Crippen molar-refractivity contribution in [1.82, 2.24) is 38.9 Å². The summed E-state index contributed by atoms with van der Waals surface area (Å²) in [5.41, 5.74) is 2.29. The second kappa shape index (κ2) is 19.9. The topological polar surface area (TPSA) is 179 Å². The third-order valence-electron chi connectivity index (χ3n) is 11.5. The van der Waals surface area contributed by atoms with Crippen LogP contribution in [0.2, 0.25) is 51.4 Å². The Kier molecular flexibility index (Phi) is 15.4. The molecule has 0 spiro atoms. The first-order valence-corrected chi connectivity index (χ1v) is 30.5. The molecule has 64 heavy (non-hydrogen) atoms. The lowest BCUT2D eigenvalue weighted by Crippen LogP contribution is -2.37. The fourth-order valence-electron chi connectivity index (χ4n) is 8.08. The highest BCUT2D eigenvalue weighted by Gasteiger charge is 2.38. The van der Waals surface area contributed by atoms with Crippen LogP contribution in [0.1, 0.15) is 127 Å². The summed E-state index contributed by atoms with van der Waals surface area (Å²) in [5.74, 6) is 1.36. The Labute approximate surface area is 381 Å². The number of pyridine rings is 2. The van der Waals surface area contributed by atoms with Gasteiger partial charge >= 0.3 is 12.2 Å². The van der Waals surface area contributed by atoms with Crippen LogP contribution in [0.25, 0.3) is 22.3 Å². The van der Waals surface area contributed by atoms with Crippen molar-refractivity contribution in [3.63, 3.8) is 0 Å². The number of rotatable bonds is 17. The Morgan fingerprint density at radius 1 is 0.672 bits per heavy atom. The summed E-state index contributed by atoms with van der Waals surface area (Å²) < 4.78 is 27.9. The van der Waals surface area contributed by atoms with E-state index in [1.165, 1.54) is 0 Å². The van der Waals surface area contributed by atoms with E-state index in [0.717, 1.165) is 37.8 Å². The molecule has 6 rings (SSSR count). The molecule has 6 heterocycles. The van der Waals surface area contributed by atoms with Gasteiger partial charge in [0.1, 0.15) is 47.3 Å². The standard InChI is InChI=1S/C46H74N8O8Si2/c1-45(2,3)61-43(57)51-19-13-15-35(51)41-49-33-25-31(27-47-39(33)53(41)29-59-21-23-63(7,8)9)37(55)17-18-38(56)32-26-34-40(48-28-32)54(30-60-22-24-64(10,11)12)42(50-34)36-16-14-20-52(36)44(58)62-46(4,5)6/h25-28,35-38,55-56H,13-24,29-30H2,1-12H3/t35-,36-,37?,38?/m0/s1. The van der Waals surface area contributed by atoms with Crippen molar-refractivity contribution in [2.24, 2.45) is 0 Å². The summed E-state index contributed by atoms with van der Waals surface area (Å²) >= 11 is 0. The van der Waals surface area contributed by atoms with Gasteiger partial charge in [-0.25, -0.2) is 29.5 Å². The molecule has 18 heteroatoms. The number of imidazole rings is 2. The molecular formula is C46H74N8O8Si2. The number of hydrogen-bond acceptors (Lipinski definition) is 12. The molecule has 2 N–H and O–H groups in total. The number of likely N-dealkylation sites (tertiary alicyclic amines) is 2. The Bertz CT molecular complexity index is 2080. The molecule has 0 radical (unpaired) electrons. The Morgan fingerprint density at radius 3 is 1.39 bits per heavy atom. The second-order valence-corrected chi connectivity index (χ2v) is 33.2. The first kappa shape index (κ1) is 49.5. The first-order chi connectivity index (χ1) is 29.9. The van der Waals surface area contributed by atoms with Crippen LogP contribution >= 0.6 is 0 Å². The van der Waals surface area contributed by atoms with Crippen LogP contribution in [-0.2, 0) is 32.4 Å². The molecule has 0 saturated carbocycles. The number of nitrogens with zero attached hydrogens (tertiary/aromatic N) is 8. The van der Waals surface area contributed by atoms with Crippen molar-refractivity contribution >= 4 is 50.7 Å². The minimum Gasteiger partial charge on any atom is -0.444 e. The van der Waals surface area contributed by atoms with Crippen LogP contribution in [0.3, 0.4) is 0 Å². The number of aliphatic hydroxyl groups excluding tert-OH is 2. The van der Waals surface area contributed by atoms with Crippen molar-refractivity contribution in [3.8, 4) is 0 Å². The summed E-state index contributed by atoms with van der Waals surface area (Å²) in [6.07, 6.45) is 4.25. The van der Waals surface area contributed by atoms with E-state index in [1.54, 1.807) is 22.2 Å². The predicted octanol–water partition coefficient (Wildman–Crippen LogP) is 9.49. The molecule has 2 aliphatic heterocycles. The Morgan fingerprint density at radius 2 is 1.05 bits per heavy atom. The van der Waals surface area contributed by atoms with Crippen LogP contribution < -0.4 is 0 Å². The smallest absolute Gasteiger partial charge is 0.410 e. The summed E-state index contributed by atoms with van der Waals surface area (Å²) in [5, 5.41) is 23.0. The van der Waals surface area contributed by atoms with Gasteiger partial charge in [0, 0.05) is 66.0 Å². The lowest BCUT2D eigenvalue weighted by atomic mass is 10.0. The zero-order chi connectivity index (χ0) is 46.8. The lowest BCUT2D eigenvalue weighted by Gasteiger charge is -2.28. The molecule has 2 amide bonds. The zero-order valence-corrected chi connectivity index (χ0v) is 42.4. The van der Waals surface area contributed by atoms with Crippen molar-refractivity contribution < 1.29 is 38.7 Å². The van der Waals surface area contributed by atoms with Gasteiger partial charge in [-0.1, -0.05) is 39.3 Å². The number of hydrogen-bond donors (Lipinski definition) is 2. The molecule has 0 aliphatic carbocycles. The van der Waals surface area contributed by atoms with Crippen LogP contribution in [0, 0.1) is 0 Å². The fraction of sp³-hybridized carbons (Fsp3) is 0.696. The maximum absolute atomic E-state index is 13.3. The third kappa shape index (κ3) is 12.9. The van der Waals surface area contributed by atoms with E-state index >= 15 is 0 Å². The average molecular weight is 923 g/mol. The number of aromatic nitrogens is 6. The molecule has 0 aromatic carbocycles. The molecule has 4 atom stereocenters. The number of carbonyl (C=O) groups excluding carboxylic acids is 2. The zero-order valence-electron chi connectivity index (χ0n) is 40.4. The molecule has 2 saturated heterocycles. The van der Waals surface area contributed by atoms with Crippen LogP contribution in [0.4, 0.5) is 9.59 Å². The number of amides is 2. The summed E-state index contributed by atoms with van der Waals surface area (Å²) in [6, 6.07) is 5.07. The lowest BCUT2D eigenvalue weighted by molar-refractivity contribution is 0.0195. The van der Waals surface area contributed by atoms with E-state index in [-0.39, 0.29) is 50.6 Å². The Hall–Kier alpha value is -3.95. The van der Waals surface area contributed by atoms with Crippen molar-refractivity contribution in [2.75, 3.05) is 26.3 Å². The highest BCUT2D eigenvalue weighted by Crippen LogP contribution is 2.37. The van der Waals surface area contributed by atoms with Gasteiger partial charge in [-0.2, -0.15) is 0 Å². The van der Waals surface area contributed by atoms with E-state index < -0.39 is 39.6 Å². The predicted molar refractivity (Wildman–Crippen MR) is 252 cm³/mol. The van der Waals surface area contributed by atoms with Crippen LogP contribution in [0.15, 0.2) is 24.5 Å². The van der Waals surface area contributed by atoms with Gasteiger partial charge in [0.2, 0.25) is 0 Å². The van der Waals surface area contributed by atoms with E-state index in [9.17, 15) is 19.8 Å². The SMILES string of the molecule is CC(C)(C)OC(=O)N1CCC[C@H]1c1nc2cc(C(O)CCC(O)c3cnc4c(c3)nc([C@@H]3CCCN3C(=O)OC(C)(C)C)n4COCC[Si](C)(C)C)cnc2n1COCC[Si](C)(C)C.